The minimum absolute atomic E-state index is 0.290. The molecule has 4 rings (SSSR count). The number of ether oxygens (including phenoxy) is 1. The maximum atomic E-state index is 13.3. The molecule has 0 amide bonds. The highest BCUT2D eigenvalue weighted by Crippen LogP contribution is 2.36. The van der Waals surface area contributed by atoms with Crippen LogP contribution in [0.1, 0.15) is 18.1 Å². The molecule has 0 bridgehead atoms. The molecule has 2 aliphatic heterocycles. The van der Waals surface area contributed by atoms with Crippen molar-refractivity contribution < 1.29 is 9.13 Å². The van der Waals surface area contributed by atoms with Crippen molar-refractivity contribution in [1.82, 2.24) is 4.90 Å². The molecule has 1 fully saturated rings. The number of rotatable bonds is 4. The van der Waals surface area contributed by atoms with Crippen molar-refractivity contribution in [1.29, 1.82) is 5.53 Å². The summed E-state index contributed by atoms with van der Waals surface area (Å²) in [5.74, 6) is 0.339. The summed E-state index contributed by atoms with van der Waals surface area (Å²) in [5, 5.41) is 3.72. The molecule has 1 saturated heterocycles. The van der Waals surface area contributed by atoms with Gasteiger partial charge in [-0.2, -0.15) is 0 Å². The monoisotopic (exact) mass is 392 g/mol. The Hall–Kier alpha value is -2.99. The highest BCUT2D eigenvalue weighted by atomic mass is 19.1. The quantitative estimate of drug-likeness (QED) is 0.762. The third-order valence-electron chi connectivity index (χ3n) is 5.50. The van der Waals surface area contributed by atoms with Gasteiger partial charge in [0.15, 0.2) is 0 Å². The first-order valence-electron chi connectivity index (χ1n) is 9.81. The van der Waals surface area contributed by atoms with Gasteiger partial charge in [0.05, 0.1) is 0 Å². The molecule has 5 nitrogen and oxygen atoms in total. The molecule has 2 heterocycles. The molecular weight excluding hydrogens is 367 g/mol. The molecule has 0 saturated carbocycles. The fourth-order valence-electron chi connectivity index (χ4n) is 3.80. The number of hydrogen-bond acceptors (Lipinski definition) is 5. The molecule has 2 aromatic carbocycles. The standard InChI is InChI=1S/C23H25FN4O/c1-16-14-21(23(26-25)29-22(16)17-6-8-19(24)9-7-17)18-4-3-5-20(15-18)28-12-10-27(2)11-13-28/h3-9,14-15,23,25H,10-13H2,1-2H3. The molecule has 2 aromatic rings. The average Bonchev–Trinajstić information content (AvgIpc) is 2.75. The van der Waals surface area contributed by atoms with Crippen LogP contribution in [-0.4, -0.2) is 44.4 Å². The molecule has 0 spiro atoms. The van der Waals surface area contributed by atoms with Gasteiger partial charge in [-0.1, -0.05) is 12.1 Å². The van der Waals surface area contributed by atoms with Gasteiger partial charge in [-0.05, 0) is 67.6 Å². The molecule has 0 aliphatic carbocycles. The fraction of sp³-hybridized carbons (Fsp3) is 0.304. The van der Waals surface area contributed by atoms with Gasteiger partial charge in [-0.15, -0.1) is 5.11 Å². The van der Waals surface area contributed by atoms with Crippen LogP contribution in [0.5, 0.6) is 0 Å². The first kappa shape index (κ1) is 19.3. The minimum Gasteiger partial charge on any atom is -0.462 e. The van der Waals surface area contributed by atoms with Crippen molar-refractivity contribution in [3.05, 3.63) is 77.1 Å². The zero-order valence-electron chi connectivity index (χ0n) is 16.7. The summed E-state index contributed by atoms with van der Waals surface area (Å²) in [6.07, 6.45) is 1.30. The van der Waals surface area contributed by atoms with Gasteiger partial charge in [0.2, 0.25) is 6.23 Å². The zero-order chi connectivity index (χ0) is 20.4. The lowest BCUT2D eigenvalue weighted by Crippen LogP contribution is -2.44. The van der Waals surface area contributed by atoms with Crippen molar-refractivity contribution in [2.45, 2.75) is 13.2 Å². The second-order valence-corrected chi connectivity index (χ2v) is 7.56. The maximum absolute atomic E-state index is 13.3. The van der Waals surface area contributed by atoms with Gasteiger partial charge in [0, 0.05) is 43.0 Å². The van der Waals surface area contributed by atoms with Crippen molar-refractivity contribution in [3.63, 3.8) is 0 Å². The van der Waals surface area contributed by atoms with Crippen LogP contribution in [0.2, 0.25) is 0 Å². The van der Waals surface area contributed by atoms with Crippen molar-refractivity contribution in [3.8, 4) is 0 Å². The van der Waals surface area contributed by atoms with Gasteiger partial charge in [-0.25, -0.2) is 9.92 Å². The van der Waals surface area contributed by atoms with E-state index in [1.807, 2.05) is 25.1 Å². The Morgan fingerprint density at radius 2 is 1.76 bits per heavy atom. The normalized spacial score (nSPS) is 20.3. The van der Waals surface area contributed by atoms with E-state index in [0.717, 1.165) is 48.5 Å². The molecule has 1 unspecified atom stereocenters. The van der Waals surface area contributed by atoms with E-state index < -0.39 is 6.23 Å². The molecule has 150 valence electrons. The van der Waals surface area contributed by atoms with Gasteiger partial charge < -0.3 is 14.5 Å². The van der Waals surface area contributed by atoms with Gasteiger partial charge in [0.1, 0.15) is 11.6 Å². The second-order valence-electron chi connectivity index (χ2n) is 7.56. The minimum atomic E-state index is -0.721. The van der Waals surface area contributed by atoms with Crippen LogP contribution in [0.4, 0.5) is 10.1 Å². The van der Waals surface area contributed by atoms with E-state index in [0.29, 0.717) is 5.76 Å². The Morgan fingerprint density at radius 3 is 2.45 bits per heavy atom. The molecule has 2 aliphatic rings. The molecular formula is C23H25FN4O. The van der Waals surface area contributed by atoms with Crippen molar-refractivity contribution >= 4 is 17.0 Å². The van der Waals surface area contributed by atoms with E-state index in [2.05, 4.69) is 34.1 Å². The molecule has 0 radical (unpaired) electrons. The number of hydrogen-bond donors (Lipinski definition) is 1. The van der Waals surface area contributed by atoms with Gasteiger partial charge in [0.25, 0.3) is 0 Å². The summed E-state index contributed by atoms with van der Waals surface area (Å²) < 4.78 is 19.3. The fourth-order valence-corrected chi connectivity index (χ4v) is 3.80. The van der Waals surface area contributed by atoms with Crippen LogP contribution in [-0.2, 0) is 4.74 Å². The number of likely N-dealkylation sites (N-methyl/N-ethyl adjacent to an activating group) is 1. The summed E-state index contributed by atoms with van der Waals surface area (Å²) in [6, 6.07) is 14.5. The number of halogens is 1. The van der Waals surface area contributed by atoms with E-state index in [9.17, 15) is 4.39 Å². The molecule has 1 N–H and O–H groups in total. The van der Waals surface area contributed by atoms with Crippen LogP contribution >= 0.6 is 0 Å². The SMILES string of the molecule is CC1=C(c2ccc(F)cc2)OC(N=N)C(c2cccc(N3CCN(C)CC3)c2)=C1. The Balaban J connectivity index is 1.66. The predicted octanol–water partition coefficient (Wildman–Crippen LogP) is 4.78. The Labute approximate surface area is 170 Å². The molecule has 0 aromatic heterocycles. The second kappa shape index (κ2) is 8.17. The summed E-state index contributed by atoms with van der Waals surface area (Å²) in [7, 11) is 2.14. The number of allylic oxidation sites excluding steroid dienone is 2. The number of benzene rings is 2. The van der Waals surface area contributed by atoms with Crippen LogP contribution in [0.25, 0.3) is 11.3 Å². The first-order valence-corrected chi connectivity index (χ1v) is 9.81. The summed E-state index contributed by atoms with van der Waals surface area (Å²) in [4.78, 5) is 4.71. The lowest BCUT2D eigenvalue weighted by Gasteiger charge is -2.34. The van der Waals surface area contributed by atoms with Crippen molar-refractivity contribution in [2.24, 2.45) is 5.11 Å². The highest BCUT2D eigenvalue weighted by molar-refractivity contribution is 5.80. The van der Waals surface area contributed by atoms with E-state index >= 15 is 0 Å². The van der Waals surface area contributed by atoms with E-state index in [4.69, 9.17) is 10.3 Å². The highest BCUT2D eigenvalue weighted by Gasteiger charge is 2.25. The van der Waals surface area contributed by atoms with Gasteiger partial charge >= 0.3 is 0 Å². The number of nitrogens with one attached hydrogen (secondary N) is 1. The van der Waals surface area contributed by atoms with Crippen LogP contribution in [0.3, 0.4) is 0 Å². The molecule has 29 heavy (non-hydrogen) atoms. The Morgan fingerprint density at radius 1 is 1.03 bits per heavy atom. The molecule has 1 atom stereocenters. The Bertz CT molecular complexity index is 959. The lowest BCUT2D eigenvalue weighted by molar-refractivity contribution is 0.213. The number of anilines is 1. The predicted molar refractivity (Wildman–Crippen MR) is 113 cm³/mol. The summed E-state index contributed by atoms with van der Waals surface area (Å²) in [5.41, 5.74) is 12.4. The molecule has 6 heteroatoms. The summed E-state index contributed by atoms with van der Waals surface area (Å²) >= 11 is 0. The maximum Gasteiger partial charge on any atom is 0.234 e. The van der Waals surface area contributed by atoms with E-state index in [1.165, 1.54) is 17.8 Å². The topological polar surface area (TPSA) is 51.9 Å². The first-order chi connectivity index (χ1) is 14.0. The van der Waals surface area contributed by atoms with E-state index in [-0.39, 0.29) is 5.82 Å². The van der Waals surface area contributed by atoms with Crippen LogP contribution in [0.15, 0.2) is 65.3 Å². The third kappa shape index (κ3) is 4.07. The summed E-state index contributed by atoms with van der Waals surface area (Å²) in [6.45, 7) is 6.04. The largest absolute Gasteiger partial charge is 0.462 e. The van der Waals surface area contributed by atoms with E-state index in [1.54, 1.807) is 12.1 Å². The van der Waals surface area contributed by atoms with Crippen LogP contribution in [0, 0.1) is 11.3 Å². The van der Waals surface area contributed by atoms with Gasteiger partial charge in [-0.3, -0.25) is 0 Å². The van der Waals surface area contributed by atoms with Crippen LogP contribution < -0.4 is 4.90 Å². The van der Waals surface area contributed by atoms with Crippen molar-refractivity contribution in [2.75, 3.05) is 38.1 Å². The smallest absolute Gasteiger partial charge is 0.234 e. The third-order valence-corrected chi connectivity index (χ3v) is 5.50. The number of nitrogens with zero attached hydrogens (tertiary/aromatic N) is 3. The Kier molecular flexibility index (Phi) is 5.45. The number of piperazine rings is 1. The lowest BCUT2D eigenvalue weighted by atomic mass is 9.97. The zero-order valence-corrected chi connectivity index (χ0v) is 16.7. The average molecular weight is 392 g/mol.